The number of rotatable bonds is 7. The molecule has 0 aromatic rings. The predicted octanol–water partition coefficient (Wildman–Crippen LogP) is 6.91. The molecule has 0 heterocycles. The predicted molar refractivity (Wildman–Crippen MR) is 113 cm³/mol. The molecule has 0 fully saturated rings. The van der Waals surface area contributed by atoms with Crippen molar-refractivity contribution in [3.8, 4) is 0 Å². The lowest BCUT2D eigenvalue weighted by molar-refractivity contribution is 0.210. The van der Waals surface area contributed by atoms with Gasteiger partial charge in [0.15, 0.2) is 16.6 Å². The molecule has 2 nitrogen and oxygen atoms in total. The molecular formula is C20H42O2Si2. The second kappa shape index (κ2) is 8.50. The van der Waals surface area contributed by atoms with Gasteiger partial charge in [0.1, 0.15) is 0 Å². The van der Waals surface area contributed by atoms with Gasteiger partial charge in [0, 0.05) is 0 Å². The van der Waals surface area contributed by atoms with Gasteiger partial charge in [0.05, 0.1) is 12.7 Å². The molecule has 0 aromatic heterocycles. The Morgan fingerprint density at radius 2 is 1.42 bits per heavy atom. The maximum Gasteiger partial charge on any atom is 0.192 e. The third kappa shape index (κ3) is 7.01. The van der Waals surface area contributed by atoms with Gasteiger partial charge in [-0.15, -0.1) is 5.73 Å². The van der Waals surface area contributed by atoms with Crippen LogP contribution in [0.3, 0.4) is 0 Å². The van der Waals surface area contributed by atoms with Crippen LogP contribution in [0.25, 0.3) is 0 Å². The Labute approximate surface area is 154 Å². The van der Waals surface area contributed by atoms with Crippen molar-refractivity contribution in [1.82, 2.24) is 0 Å². The summed E-state index contributed by atoms with van der Waals surface area (Å²) < 4.78 is 12.7. The Balaban J connectivity index is 4.97. The zero-order valence-corrected chi connectivity index (χ0v) is 20.4. The van der Waals surface area contributed by atoms with Gasteiger partial charge >= 0.3 is 0 Å². The molecule has 0 unspecified atom stereocenters. The smallest absolute Gasteiger partial charge is 0.192 e. The molecule has 0 aromatic carbocycles. The van der Waals surface area contributed by atoms with Crippen LogP contribution in [0, 0.1) is 0 Å². The van der Waals surface area contributed by atoms with Crippen LogP contribution >= 0.6 is 0 Å². The maximum absolute atomic E-state index is 6.55. The van der Waals surface area contributed by atoms with E-state index in [0.717, 1.165) is 6.42 Å². The highest BCUT2D eigenvalue weighted by Gasteiger charge is 2.39. The minimum Gasteiger partial charge on any atom is -0.413 e. The van der Waals surface area contributed by atoms with E-state index in [9.17, 15) is 0 Å². The number of hydrogen-bond donors (Lipinski definition) is 0. The molecule has 0 bridgehead atoms. The molecule has 142 valence electrons. The molecule has 0 aliphatic carbocycles. The van der Waals surface area contributed by atoms with Crippen molar-refractivity contribution in [2.45, 2.75) is 104 Å². The number of hydrogen-bond acceptors (Lipinski definition) is 2. The molecule has 0 amide bonds. The van der Waals surface area contributed by atoms with Crippen LogP contribution in [0.2, 0.25) is 36.3 Å². The first-order valence-electron chi connectivity index (χ1n) is 9.28. The highest BCUT2D eigenvalue weighted by molar-refractivity contribution is 6.74. The Kier molecular flexibility index (Phi) is 8.46. The summed E-state index contributed by atoms with van der Waals surface area (Å²) in [4.78, 5) is 0. The van der Waals surface area contributed by atoms with Gasteiger partial charge in [-0.05, 0) is 61.3 Å². The van der Waals surface area contributed by atoms with E-state index in [1.54, 1.807) is 0 Å². The fourth-order valence-electron chi connectivity index (χ4n) is 1.77. The average molecular weight is 371 g/mol. The summed E-state index contributed by atoms with van der Waals surface area (Å²) in [6, 6.07) is 0. The van der Waals surface area contributed by atoms with Crippen LogP contribution in [0.5, 0.6) is 0 Å². The molecule has 0 saturated carbocycles. The van der Waals surface area contributed by atoms with Crippen molar-refractivity contribution < 1.29 is 8.85 Å². The molecule has 0 aliphatic rings. The van der Waals surface area contributed by atoms with E-state index in [-0.39, 0.29) is 16.2 Å². The molecular weight excluding hydrogens is 328 g/mol. The normalized spacial score (nSPS) is 15.0. The Bertz CT molecular complexity index is 459. The maximum atomic E-state index is 6.55. The standard InChI is InChI=1S/C20H42O2Si2/c1-13-18(22-24(11,12)20(6,7)8)17(2)15-14-16-21-23(9,10)19(3,4)5/h14,18H,13,16H2,1-12H3/t15?,18-/m1/s1. The van der Waals surface area contributed by atoms with Crippen LogP contribution in [-0.4, -0.2) is 29.3 Å². The van der Waals surface area contributed by atoms with Crippen molar-refractivity contribution >= 4 is 16.6 Å². The summed E-state index contributed by atoms with van der Waals surface area (Å²) in [5.74, 6) is 0. The van der Waals surface area contributed by atoms with Crippen molar-refractivity contribution in [2.75, 3.05) is 6.61 Å². The largest absolute Gasteiger partial charge is 0.413 e. The van der Waals surface area contributed by atoms with E-state index in [0.29, 0.717) is 6.61 Å². The van der Waals surface area contributed by atoms with Crippen molar-refractivity contribution in [2.24, 2.45) is 0 Å². The highest BCUT2D eigenvalue weighted by Crippen LogP contribution is 2.38. The topological polar surface area (TPSA) is 18.5 Å². The monoisotopic (exact) mass is 370 g/mol. The molecule has 0 rings (SSSR count). The minimum absolute atomic E-state index is 0.162. The Morgan fingerprint density at radius 1 is 0.958 bits per heavy atom. The SMILES string of the molecule is CC[C@@H](O[Si](C)(C)C(C)(C)C)C(C)=C=CCO[Si](C)(C)C(C)(C)C. The van der Waals surface area contributed by atoms with Gasteiger partial charge < -0.3 is 8.85 Å². The molecule has 0 N–H and O–H groups in total. The lowest BCUT2D eigenvalue weighted by atomic mass is 10.1. The van der Waals surface area contributed by atoms with Gasteiger partial charge in [-0.2, -0.15) is 0 Å². The third-order valence-corrected chi connectivity index (χ3v) is 14.7. The quantitative estimate of drug-likeness (QED) is 0.358. The Hall–Kier alpha value is -0.126. The first kappa shape index (κ1) is 23.9. The lowest BCUT2D eigenvalue weighted by Gasteiger charge is -2.39. The van der Waals surface area contributed by atoms with E-state index >= 15 is 0 Å². The van der Waals surface area contributed by atoms with Crippen LogP contribution < -0.4 is 0 Å². The van der Waals surface area contributed by atoms with E-state index in [1.165, 1.54) is 5.57 Å². The van der Waals surface area contributed by atoms with Crippen LogP contribution in [-0.2, 0) is 8.85 Å². The third-order valence-electron chi connectivity index (χ3n) is 5.76. The fraction of sp³-hybridized carbons (Fsp3) is 0.850. The summed E-state index contributed by atoms with van der Waals surface area (Å²) in [6.45, 7) is 27.8. The molecule has 4 heteroatoms. The van der Waals surface area contributed by atoms with Gasteiger partial charge in [0.2, 0.25) is 0 Å². The van der Waals surface area contributed by atoms with Crippen LogP contribution in [0.15, 0.2) is 17.4 Å². The summed E-state index contributed by atoms with van der Waals surface area (Å²) >= 11 is 0. The molecule has 0 aliphatic heterocycles. The van der Waals surface area contributed by atoms with Gasteiger partial charge in [-0.25, -0.2) is 0 Å². The molecule has 24 heavy (non-hydrogen) atoms. The first-order chi connectivity index (χ1) is 10.5. The summed E-state index contributed by atoms with van der Waals surface area (Å²) in [5.41, 5.74) is 4.60. The highest BCUT2D eigenvalue weighted by atomic mass is 28.4. The fourth-order valence-corrected chi connectivity index (χ4v) is 4.11. The molecule has 1 atom stereocenters. The van der Waals surface area contributed by atoms with E-state index < -0.39 is 16.6 Å². The molecule has 0 radical (unpaired) electrons. The van der Waals surface area contributed by atoms with E-state index in [2.05, 4.69) is 87.3 Å². The second-order valence-electron chi connectivity index (χ2n) is 9.88. The van der Waals surface area contributed by atoms with E-state index in [4.69, 9.17) is 8.85 Å². The van der Waals surface area contributed by atoms with E-state index in [1.807, 2.05) is 6.08 Å². The van der Waals surface area contributed by atoms with Gasteiger partial charge in [-0.1, -0.05) is 48.5 Å². The second-order valence-corrected chi connectivity index (χ2v) is 19.4. The average Bonchev–Trinajstić information content (AvgIpc) is 2.38. The zero-order chi connectivity index (χ0) is 19.4. The molecule has 0 saturated heterocycles. The van der Waals surface area contributed by atoms with Crippen LogP contribution in [0.1, 0.15) is 61.8 Å². The van der Waals surface area contributed by atoms with Gasteiger partial charge in [-0.3, -0.25) is 0 Å². The van der Waals surface area contributed by atoms with Crippen molar-refractivity contribution in [3.63, 3.8) is 0 Å². The van der Waals surface area contributed by atoms with Crippen molar-refractivity contribution in [3.05, 3.63) is 17.4 Å². The summed E-state index contributed by atoms with van der Waals surface area (Å²) in [5, 5.41) is 0.479. The Morgan fingerprint density at radius 3 is 1.79 bits per heavy atom. The van der Waals surface area contributed by atoms with Gasteiger partial charge in [0.25, 0.3) is 0 Å². The van der Waals surface area contributed by atoms with Crippen molar-refractivity contribution in [1.29, 1.82) is 0 Å². The summed E-state index contributed by atoms with van der Waals surface area (Å²) in [7, 11) is -3.43. The lowest BCUT2D eigenvalue weighted by Crippen LogP contribution is -2.44. The first-order valence-corrected chi connectivity index (χ1v) is 15.1. The van der Waals surface area contributed by atoms with Crippen LogP contribution in [0.4, 0.5) is 0 Å². The minimum atomic E-state index is -1.75. The molecule has 0 spiro atoms. The summed E-state index contributed by atoms with van der Waals surface area (Å²) in [6.07, 6.45) is 3.19. The zero-order valence-electron chi connectivity index (χ0n) is 18.4.